The van der Waals surface area contributed by atoms with Crippen LogP contribution in [-0.4, -0.2) is 35.8 Å². The maximum atomic E-state index is 5.40. The zero-order valence-corrected chi connectivity index (χ0v) is 15.4. The molecule has 24 heavy (non-hydrogen) atoms. The summed E-state index contributed by atoms with van der Waals surface area (Å²) < 4.78 is 16.0. The topological polar surface area (TPSA) is 60.6 Å². The Labute approximate surface area is 143 Å². The molecule has 0 fully saturated rings. The van der Waals surface area contributed by atoms with Crippen molar-refractivity contribution in [3.63, 3.8) is 0 Å². The highest BCUT2D eigenvalue weighted by Crippen LogP contribution is 2.28. The van der Waals surface area contributed by atoms with Crippen molar-refractivity contribution < 1.29 is 14.0 Å². The highest BCUT2D eigenvalue weighted by molar-refractivity contribution is 5.42. The third-order valence-electron chi connectivity index (χ3n) is 3.80. The number of nitrogens with zero attached hydrogens (tertiary/aromatic N) is 3. The Hall–Kier alpha value is -2.08. The summed E-state index contributed by atoms with van der Waals surface area (Å²) in [4.78, 5) is 6.75. The second-order valence-corrected chi connectivity index (χ2v) is 6.75. The summed E-state index contributed by atoms with van der Waals surface area (Å²) in [5.74, 6) is 2.84. The Bertz CT molecular complexity index is 662. The lowest BCUT2D eigenvalue weighted by Crippen LogP contribution is -2.22. The van der Waals surface area contributed by atoms with Crippen LogP contribution < -0.4 is 9.47 Å². The van der Waals surface area contributed by atoms with Gasteiger partial charge in [0.05, 0.1) is 20.8 Å². The normalized spacial score (nSPS) is 11.8. The fraction of sp³-hybridized carbons (Fsp3) is 0.556. The number of methoxy groups -OCH3 is 2. The molecule has 6 nitrogen and oxygen atoms in total. The molecular formula is C18H27N3O3. The zero-order chi connectivity index (χ0) is 17.7. The Morgan fingerprint density at radius 3 is 2.33 bits per heavy atom. The number of aromatic nitrogens is 2. The molecule has 0 radical (unpaired) electrons. The van der Waals surface area contributed by atoms with Gasteiger partial charge in [-0.2, -0.15) is 4.98 Å². The first kappa shape index (κ1) is 18.3. The highest BCUT2D eigenvalue weighted by atomic mass is 16.5. The van der Waals surface area contributed by atoms with Gasteiger partial charge in [0.25, 0.3) is 0 Å². The van der Waals surface area contributed by atoms with Crippen molar-refractivity contribution in [2.45, 2.75) is 46.2 Å². The number of hydrogen-bond acceptors (Lipinski definition) is 6. The first-order valence-electron chi connectivity index (χ1n) is 8.13. The van der Waals surface area contributed by atoms with Crippen LogP contribution in [0, 0.1) is 0 Å². The predicted octanol–water partition coefficient (Wildman–Crippen LogP) is 3.41. The molecule has 2 aromatic rings. The molecule has 1 heterocycles. The van der Waals surface area contributed by atoms with Gasteiger partial charge in [-0.25, -0.2) is 0 Å². The SMILES string of the molecule is CCN(Cc1ccc(OC)c(OC)c1)Cc1nc(C(C)(C)C)no1. The molecule has 0 saturated carbocycles. The molecule has 0 saturated heterocycles. The van der Waals surface area contributed by atoms with Gasteiger partial charge >= 0.3 is 0 Å². The van der Waals surface area contributed by atoms with Crippen LogP contribution in [-0.2, 0) is 18.5 Å². The largest absolute Gasteiger partial charge is 0.493 e. The Balaban J connectivity index is 2.08. The third kappa shape index (κ3) is 4.47. The molecule has 0 N–H and O–H groups in total. The molecule has 0 aliphatic heterocycles. The van der Waals surface area contributed by atoms with Gasteiger partial charge in [-0.3, -0.25) is 4.90 Å². The van der Waals surface area contributed by atoms with Crippen LogP contribution in [0.3, 0.4) is 0 Å². The van der Waals surface area contributed by atoms with Gasteiger partial charge < -0.3 is 14.0 Å². The Morgan fingerprint density at radius 1 is 1.08 bits per heavy atom. The molecule has 0 aliphatic carbocycles. The summed E-state index contributed by atoms with van der Waals surface area (Å²) >= 11 is 0. The standard InChI is InChI=1S/C18H27N3O3/c1-7-21(12-16-19-17(20-24-16)18(2,3)4)11-13-8-9-14(22-5)15(10-13)23-6/h8-10H,7,11-12H2,1-6H3. The van der Waals surface area contributed by atoms with Crippen LogP contribution >= 0.6 is 0 Å². The molecule has 2 rings (SSSR count). The van der Waals surface area contributed by atoms with E-state index in [1.54, 1.807) is 14.2 Å². The average molecular weight is 333 g/mol. The number of ether oxygens (including phenoxy) is 2. The van der Waals surface area contributed by atoms with Gasteiger partial charge in [-0.05, 0) is 24.2 Å². The lowest BCUT2D eigenvalue weighted by Gasteiger charge is -2.19. The molecule has 0 bridgehead atoms. The first-order chi connectivity index (χ1) is 11.4. The minimum Gasteiger partial charge on any atom is -0.493 e. The van der Waals surface area contributed by atoms with Crippen LogP contribution in [0.25, 0.3) is 0 Å². The fourth-order valence-corrected chi connectivity index (χ4v) is 2.33. The minimum absolute atomic E-state index is 0.109. The fourth-order valence-electron chi connectivity index (χ4n) is 2.33. The molecule has 1 aromatic carbocycles. The van der Waals surface area contributed by atoms with Gasteiger partial charge in [0.2, 0.25) is 5.89 Å². The maximum absolute atomic E-state index is 5.40. The van der Waals surface area contributed by atoms with E-state index >= 15 is 0 Å². The maximum Gasteiger partial charge on any atom is 0.240 e. The number of benzene rings is 1. The van der Waals surface area contributed by atoms with E-state index in [0.29, 0.717) is 12.4 Å². The van der Waals surface area contributed by atoms with E-state index in [1.165, 1.54) is 0 Å². The molecule has 0 unspecified atom stereocenters. The molecule has 0 amide bonds. The first-order valence-corrected chi connectivity index (χ1v) is 8.13. The minimum atomic E-state index is -0.109. The molecule has 0 spiro atoms. The second kappa shape index (κ2) is 7.66. The molecule has 6 heteroatoms. The summed E-state index contributed by atoms with van der Waals surface area (Å²) in [5, 5.41) is 4.08. The molecule has 0 atom stereocenters. The van der Waals surface area contributed by atoms with Crippen LogP contribution in [0.2, 0.25) is 0 Å². The number of hydrogen-bond donors (Lipinski definition) is 0. The second-order valence-electron chi connectivity index (χ2n) is 6.75. The summed E-state index contributed by atoms with van der Waals surface area (Å²) in [5.41, 5.74) is 1.03. The van der Waals surface area contributed by atoms with E-state index in [2.05, 4.69) is 42.7 Å². The summed E-state index contributed by atoms with van der Waals surface area (Å²) in [7, 11) is 3.28. The summed E-state index contributed by atoms with van der Waals surface area (Å²) in [6, 6.07) is 5.96. The predicted molar refractivity (Wildman–Crippen MR) is 92.3 cm³/mol. The van der Waals surface area contributed by atoms with Gasteiger partial charge in [-0.1, -0.05) is 38.9 Å². The van der Waals surface area contributed by atoms with E-state index in [4.69, 9.17) is 14.0 Å². The van der Waals surface area contributed by atoms with Gasteiger partial charge in [0.15, 0.2) is 17.3 Å². The quantitative estimate of drug-likeness (QED) is 0.774. The van der Waals surface area contributed by atoms with Crippen molar-refractivity contribution in [3.05, 3.63) is 35.5 Å². The molecular weight excluding hydrogens is 306 g/mol. The lowest BCUT2D eigenvalue weighted by atomic mass is 9.96. The zero-order valence-electron chi connectivity index (χ0n) is 15.4. The molecule has 1 aromatic heterocycles. The van der Waals surface area contributed by atoms with Gasteiger partial charge in [-0.15, -0.1) is 0 Å². The Kier molecular flexibility index (Phi) is 5.83. The van der Waals surface area contributed by atoms with Crippen molar-refractivity contribution in [3.8, 4) is 11.5 Å². The van der Waals surface area contributed by atoms with Crippen LogP contribution in [0.5, 0.6) is 11.5 Å². The van der Waals surface area contributed by atoms with Crippen LogP contribution in [0.4, 0.5) is 0 Å². The van der Waals surface area contributed by atoms with Crippen molar-refractivity contribution in [2.24, 2.45) is 0 Å². The third-order valence-corrected chi connectivity index (χ3v) is 3.80. The van der Waals surface area contributed by atoms with Crippen LogP contribution in [0.1, 0.15) is 45.0 Å². The summed E-state index contributed by atoms with van der Waals surface area (Å²) in [6.45, 7) is 10.6. The van der Waals surface area contributed by atoms with Crippen molar-refractivity contribution in [1.29, 1.82) is 0 Å². The van der Waals surface area contributed by atoms with E-state index in [1.807, 2.05) is 18.2 Å². The van der Waals surface area contributed by atoms with Crippen molar-refractivity contribution >= 4 is 0 Å². The van der Waals surface area contributed by atoms with Crippen molar-refractivity contribution in [2.75, 3.05) is 20.8 Å². The Morgan fingerprint density at radius 2 is 1.79 bits per heavy atom. The lowest BCUT2D eigenvalue weighted by molar-refractivity contribution is 0.228. The van der Waals surface area contributed by atoms with E-state index in [-0.39, 0.29) is 5.41 Å². The average Bonchev–Trinajstić information content (AvgIpc) is 3.02. The highest BCUT2D eigenvalue weighted by Gasteiger charge is 2.21. The monoisotopic (exact) mass is 333 g/mol. The van der Waals surface area contributed by atoms with E-state index in [9.17, 15) is 0 Å². The molecule has 132 valence electrons. The number of rotatable bonds is 7. The summed E-state index contributed by atoms with van der Waals surface area (Å²) in [6.07, 6.45) is 0. The van der Waals surface area contributed by atoms with Crippen LogP contribution in [0.15, 0.2) is 22.7 Å². The smallest absolute Gasteiger partial charge is 0.240 e. The van der Waals surface area contributed by atoms with E-state index in [0.717, 1.165) is 36.0 Å². The van der Waals surface area contributed by atoms with E-state index < -0.39 is 0 Å². The van der Waals surface area contributed by atoms with Gasteiger partial charge in [0, 0.05) is 12.0 Å². The molecule has 0 aliphatic rings. The van der Waals surface area contributed by atoms with Gasteiger partial charge in [0.1, 0.15) is 0 Å². The van der Waals surface area contributed by atoms with Crippen molar-refractivity contribution in [1.82, 2.24) is 15.0 Å².